The normalized spacial score (nSPS) is 12.6. The summed E-state index contributed by atoms with van der Waals surface area (Å²) in [7, 11) is 0. The lowest BCUT2D eigenvalue weighted by molar-refractivity contribution is -0.275. The first-order valence-corrected chi connectivity index (χ1v) is 12.4. The zero-order valence-electron chi connectivity index (χ0n) is 21.6. The molecule has 0 aliphatic heterocycles. The number of ether oxygens (including phenoxy) is 2. The molecule has 0 saturated heterocycles. The van der Waals surface area contributed by atoms with Gasteiger partial charge in [-0.3, -0.25) is 0 Å². The van der Waals surface area contributed by atoms with E-state index in [1.54, 1.807) is 48.5 Å². The highest BCUT2D eigenvalue weighted by Gasteiger charge is 2.35. The standard InChI is InChI=1S/C32H10F6N4O2/c33-31(34,35)43-19-1-3-21-23-5-15-6-24-22-4-2-20(44-32(36,37)38)10-28(22)30(18(13-41)14-42)26(24)8-16(15)7-25(23)29(27(21)9-19)17(11-39)12-40/h1-10H. The van der Waals surface area contributed by atoms with E-state index in [0.29, 0.717) is 44.2 Å². The van der Waals surface area contributed by atoms with Crippen LogP contribution in [-0.2, 0) is 0 Å². The minimum absolute atomic E-state index is 0.0951. The van der Waals surface area contributed by atoms with Crippen molar-refractivity contribution >= 4 is 21.9 Å². The molecule has 0 radical (unpaired) electrons. The maximum absolute atomic E-state index is 12.9. The van der Waals surface area contributed by atoms with Crippen molar-refractivity contribution in [2.75, 3.05) is 0 Å². The third-order valence-corrected chi connectivity index (χ3v) is 7.17. The van der Waals surface area contributed by atoms with Gasteiger partial charge in [0, 0.05) is 11.1 Å². The van der Waals surface area contributed by atoms with E-state index < -0.39 is 24.2 Å². The molecule has 0 atom stereocenters. The van der Waals surface area contributed by atoms with Crippen molar-refractivity contribution in [3.8, 4) is 58.0 Å². The lowest BCUT2D eigenvalue weighted by atomic mass is 9.93. The molecule has 0 fully saturated rings. The lowest BCUT2D eigenvalue weighted by Crippen LogP contribution is -2.17. The number of rotatable bonds is 2. The number of allylic oxidation sites excluding steroid dienone is 2. The van der Waals surface area contributed by atoms with Crippen LogP contribution in [0.4, 0.5) is 26.3 Å². The number of fused-ring (bicyclic) bond motifs is 7. The Balaban J connectivity index is 1.61. The molecule has 12 heteroatoms. The number of nitriles is 4. The summed E-state index contributed by atoms with van der Waals surface area (Å²) in [5.74, 6) is -1.08. The maximum atomic E-state index is 12.9. The Hall–Kier alpha value is -6.24. The van der Waals surface area contributed by atoms with Gasteiger partial charge in [0.05, 0.1) is 0 Å². The van der Waals surface area contributed by atoms with Crippen LogP contribution in [0.5, 0.6) is 11.5 Å². The SMILES string of the molecule is N#CC(C#N)=C1c2cc(OC(F)(F)F)ccc2-c2cc3cc4c(cc3cc21)C(=C(C#N)C#N)c1cc(OC(F)(F)F)ccc1-4. The lowest BCUT2D eigenvalue weighted by Gasteiger charge is -2.10. The quantitative estimate of drug-likeness (QED) is 0.147. The highest BCUT2D eigenvalue weighted by molar-refractivity contribution is 6.12. The van der Waals surface area contributed by atoms with Gasteiger partial charge in [-0.05, 0) is 104 Å². The average molecular weight is 596 g/mol. The highest BCUT2D eigenvalue weighted by atomic mass is 19.4. The number of benzene rings is 4. The summed E-state index contributed by atoms with van der Waals surface area (Å²) in [5.41, 5.74) is 2.52. The molecule has 0 bridgehead atoms. The van der Waals surface area contributed by atoms with Crippen molar-refractivity contribution in [2.24, 2.45) is 0 Å². The van der Waals surface area contributed by atoms with Crippen molar-refractivity contribution < 1.29 is 35.8 Å². The summed E-state index contributed by atoms with van der Waals surface area (Å²) < 4.78 is 85.8. The molecular formula is C32H10F6N4O2. The van der Waals surface area contributed by atoms with Crippen LogP contribution in [0.25, 0.3) is 44.2 Å². The Kier molecular flexibility index (Phi) is 6.13. The topological polar surface area (TPSA) is 114 Å². The van der Waals surface area contributed by atoms with Gasteiger partial charge < -0.3 is 9.47 Å². The summed E-state index contributed by atoms with van der Waals surface area (Å²) in [6, 6.07) is 21.0. The predicted molar refractivity (Wildman–Crippen MR) is 143 cm³/mol. The van der Waals surface area contributed by atoms with E-state index in [4.69, 9.17) is 0 Å². The second-order valence-corrected chi connectivity index (χ2v) is 9.60. The molecule has 0 spiro atoms. The maximum Gasteiger partial charge on any atom is 0.573 e. The summed E-state index contributed by atoms with van der Waals surface area (Å²) in [6.07, 6.45) is -9.95. The molecule has 212 valence electrons. The van der Waals surface area contributed by atoms with Gasteiger partial charge in [-0.1, -0.05) is 12.1 Å². The first kappa shape index (κ1) is 27.9. The molecule has 0 amide bonds. The zero-order valence-corrected chi connectivity index (χ0v) is 21.6. The molecular weight excluding hydrogens is 586 g/mol. The Morgan fingerprint density at radius 3 is 1.09 bits per heavy atom. The fraction of sp³-hybridized carbons (Fsp3) is 0.0625. The highest BCUT2D eigenvalue weighted by Crippen LogP contribution is 2.52. The fourth-order valence-electron chi connectivity index (χ4n) is 5.64. The van der Waals surface area contributed by atoms with E-state index in [-0.39, 0.29) is 33.4 Å². The molecule has 0 N–H and O–H groups in total. The van der Waals surface area contributed by atoms with Crippen LogP contribution < -0.4 is 9.47 Å². The molecule has 0 heterocycles. The molecule has 0 saturated carbocycles. The summed E-state index contributed by atoms with van der Waals surface area (Å²) in [6.45, 7) is 0. The predicted octanol–water partition coefficient (Wildman–Crippen LogP) is 8.30. The van der Waals surface area contributed by atoms with E-state index >= 15 is 0 Å². The Bertz CT molecular complexity index is 2020. The van der Waals surface area contributed by atoms with Crippen LogP contribution >= 0.6 is 0 Å². The molecule has 2 aliphatic carbocycles. The van der Waals surface area contributed by atoms with Crippen molar-refractivity contribution in [3.05, 3.63) is 94.1 Å². The molecule has 4 aromatic rings. The molecule has 6 nitrogen and oxygen atoms in total. The smallest absolute Gasteiger partial charge is 0.406 e. The van der Waals surface area contributed by atoms with Crippen molar-refractivity contribution in [2.45, 2.75) is 12.7 Å². The number of nitrogens with zero attached hydrogens (tertiary/aromatic N) is 4. The first-order chi connectivity index (χ1) is 20.9. The van der Waals surface area contributed by atoms with E-state index in [9.17, 15) is 47.4 Å². The van der Waals surface area contributed by atoms with Gasteiger partial charge >= 0.3 is 12.7 Å². The van der Waals surface area contributed by atoms with E-state index in [1.807, 2.05) is 0 Å². The molecule has 0 aromatic heterocycles. The molecule has 6 rings (SSSR count). The summed E-state index contributed by atoms with van der Waals surface area (Å²) >= 11 is 0. The van der Waals surface area contributed by atoms with Gasteiger partial charge in [0.1, 0.15) is 46.9 Å². The summed E-state index contributed by atoms with van der Waals surface area (Å²) in [5, 5.41) is 39.8. The third-order valence-electron chi connectivity index (χ3n) is 7.17. The second-order valence-electron chi connectivity index (χ2n) is 9.60. The number of hydrogen-bond donors (Lipinski definition) is 0. The van der Waals surface area contributed by atoms with Crippen LogP contribution in [-0.4, -0.2) is 12.7 Å². The van der Waals surface area contributed by atoms with Crippen molar-refractivity contribution in [3.63, 3.8) is 0 Å². The molecule has 44 heavy (non-hydrogen) atoms. The van der Waals surface area contributed by atoms with Crippen LogP contribution in [0.3, 0.4) is 0 Å². The monoisotopic (exact) mass is 596 g/mol. The zero-order chi connectivity index (χ0) is 31.6. The van der Waals surface area contributed by atoms with Gasteiger partial charge in [-0.15, -0.1) is 26.3 Å². The van der Waals surface area contributed by atoms with Crippen molar-refractivity contribution in [1.29, 1.82) is 21.0 Å². The first-order valence-electron chi connectivity index (χ1n) is 12.4. The molecule has 2 aliphatic rings. The van der Waals surface area contributed by atoms with E-state index in [2.05, 4.69) is 9.47 Å². The van der Waals surface area contributed by atoms with Gasteiger partial charge in [-0.25, -0.2) is 0 Å². The van der Waals surface area contributed by atoms with Crippen LogP contribution in [0.2, 0.25) is 0 Å². The third kappa shape index (κ3) is 4.52. The van der Waals surface area contributed by atoms with Gasteiger partial charge in [0.25, 0.3) is 0 Å². The number of halogens is 6. The van der Waals surface area contributed by atoms with Gasteiger partial charge in [-0.2, -0.15) is 21.0 Å². The average Bonchev–Trinajstić information content (AvgIpc) is 3.42. The number of alkyl halides is 6. The van der Waals surface area contributed by atoms with Gasteiger partial charge in [0.2, 0.25) is 0 Å². The minimum atomic E-state index is -4.97. The van der Waals surface area contributed by atoms with Crippen LogP contribution in [0.15, 0.2) is 71.8 Å². The fourth-order valence-corrected chi connectivity index (χ4v) is 5.64. The Morgan fingerprint density at radius 2 is 0.773 bits per heavy atom. The van der Waals surface area contributed by atoms with Gasteiger partial charge in [0.15, 0.2) is 0 Å². The largest absolute Gasteiger partial charge is 0.573 e. The van der Waals surface area contributed by atoms with E-state index in [0.717, 1.165) is 24.3 Å². The van der Waals surface area contributed by atoms with Crippen molar-refractivity contribution in [1.82, 2.24) is 0 Å². The Labute approximate surface area is 243 Å². The van der Waals surface area contributed by atoms with E-state index in [1.165, 1.54) is 12.1 Å². The molecule has 0 unspecified atom stereocenters. The summed E-state index contributed by atoms with van der Waals surface area (Å²) in [4.78, 5) is 0. The Morgan fingerprint density at radius 1 is 0.455 bits per heavy atom. The van der Waals surface area contributed by atoms with Crippen LogP contribution in [0.1, 0.15) is 22.3 Å². The van der Waals surface area contributed by atoms with Crippen LogP contribution in [0, 0.1) is 45.3 Å². The number of hydrogen-bond acceptors (Lipinski definition) is 6. The minimum Gasteiger partial charge on any atom is -0.406 e. The second kappa shape index (κ2) is 9.66. The molecule has 4 aromatic carbocycles.